The van der Waals surface area contributed by atoms with Gasteiger partial charge < -0.3 is 20.1 Å². The molecule has 0 aromatic carbocycles. The molecule has 2 fully saturated rings. The maximum Gasteiger partial charge on any atom is 0.408 e. The summed E-state index contributed by atoms with van der Waals surface area (Å²) >= 11 is 0. The third-order valence-electron chi connectivity index (χ3n) is 3.64. The second-order valence-corrected chi connectivity index (χ2v) is 6.28. The van der Waals surface area contributed by atoms with Gasteiger partial charge in [-0.05, 0) is 46.1 Å². The molecule has 1 amide bonds. The molecule has 0 aliphatic carbocycles. The first-order valence-electron chi connectivity index (χ1n) is 6.71. The lowest BCUT2D eigenvalue weighted by Gasteiger charge is -2.35. The highest BCUT2D eigenvalue weighted by Crippen LogP contribution is 2.31. The summed E-state index contributed by atoms with van der Waals surface area (Å²) in [7, 11) is 0. The van der Waals surface area contributed by atoms with Gasteiger partial charge in [-0.2, -0.15) is 0 Å². The van der Waals surface area contributed by atoms with Gasteiger partial charge >= 0.3 is 6.09 Å². The number of carbonyl (C=O) groups is 1. The van der Waals surface area contributed by atoms with Crippen LogP contribution < -0.4 is 10.6 Å². The molecule has 2 atom stereocenters. The highest BCUT2D eigenvalue weighted by atomic mass is 16.6. The second kappa shape index (κ2) is 5.05. The summed E-state index contributed by atoms with van der Waals surface area (Å²) in [5.41, 5.74) is -0.704. The maximum absolute atomic E-state index is 12.0. The molecular formula is C13H24N2O3. The normalized spacial score (nSPS) is 32.5. The SMILES string of the molecule is CC(C)(C)OC(=O)NC1(C2CCNC2)CCOC1. The van der Waals surface area contributed by atoms with Crippen LogP contribution in [0.25, 0.3) is 0 Å². The van der Waals surface area contributed by atoms with Gasteiger partial charge in [0, 0.05) is 13.2 Å². The molecular weight excluding hydrogens is 232 g/mol. The Morgan fingerprint density at radius 2 is 2.28 bits per heavy atom. The van der Waals surface area contributed by atoms with Crippen LogP contribution >= 0.6 is 0 Å². The first-order valence-corrected chi connectivity index (χ1v) is 6.71. The highest BCUT2D eigenvalue weighted by molar-refractivity contribution is 5.69. The minimum Gasteiger partial charge on any atom is -0.444 e. The molecule has 2 N–H and O–H groups in total. The monoisotopic (exact) mass is 256 g/mol. The van der Waals surface area contributed by atoms with Gasteiger partial charge in [-0.3, -0.25) is 0 Å². The van der Waals surface area contributed by atoms with E-state index in [0.29, 0.717) is 19.1 Å². The molecule has 0 saturated carbocycles. The van der Waals surface area contributed by atoms with Crippen molar-refractivity contribution >= 4 is 6.09 Å². The molecule has 2 aliphatic rings. The van der Waals surface area contributed by atoms with Crippen molar-refractivity contribution in [3.63, 3.8) is 0 Å². The molecule has 5 nitrogen and oxygen atoms in total. The van der Waals surface area contributed by atoms with E-state index in [-0.39, 0.29) is 11.6 Å². The van der Waals surface area contributed by atoms with Gasteiger partial charge in [-0.1, -0.05) is 0 Å². The largest absolute Gasteiger partial charge is 0.444 e. The van der Waals surface area contributed by atoms with E-state index >= 15 is 0 Å². The minimum atomic E-state index is -0.460. The number of rotatable bonds is 2. The molecule has 2 saturated heterocycles. The molecule has 0 spiro atoms. The molecule has 2 rings (SSSR count). The molecule has 0 radical (unpaired) electrons. The Balaban J connectivity index is 2.00. The smallest absolute Gasteiger partial charge is 0.408 e. The Morgan fingerprint density at radius 3 is 2.78 bits per heavy atom. The Morgan fingerprint density at radius 1 is 1.50 bits per heavy atom. The van der Waals surface area contributed by atoms with Crippen LogP contribution in [-0.2, 0) is 9.47 Å². The van der Waals surface area contributed by atoms with Crippen molar-refractivity contribution in [3.05, 3.63) is 0 Å². The molecule has 2 heterocycles. The van der Waals surface area contributed by atoms with Gasteiger partial charge in [-0.25, -0.2) is 4.79 Å². The van der Waals surface area contributed by atoms with Gasteiger partial charge in [0.1, 0.15) is 5.60 Å². The average Bonchev–Trinajstić information content (AvgIpc) is 2.82. The summed E-state index contributed by atoms with van der Waals surface area (Å²) in [5.74, 6) is 0.438. The summed E-state index contributed by atoms with van der Waals surface area (Å²) in [6, 6.07) is 0. The van der Waals surface area contributed by atoms with Crippen molar-refractivity contribution in [2.45, 2.75) is 44.8 Å². The van der Waals surface area contributed by atoms with Crippen molar-refractivity contribution in [3.8, 4) is 0 Å². The van der Waals surface area contributed by atoms with Crippen LogP contribution in [0.4, 0.5) is 4.79 Å². The molecule has 104 valence electrons. The van der Waals surface area contributed by atoms with Crippen LogP contribution in [-0.4, -0.2) is 43.5 Å². The number of nitrogens with one attached hydrogen (secondary N) is 2. The Kier molecular flexibility index (Phi) is 3.82. The maximum atomic E-state index is 12.0. The number of ether oxygens (including phenoxy) is 2. The highest BCUT2D eigenvalue weighted by Gasteiger charge is 2.45. The fourth-order valence-electron chi connectivity index (χ4n) is 2.74. The van der Waals surface area contributed by atoms with Gasteiger partial charge in [0.25, 0.3) is 0 Å². The van der Waals surface area contributed by atoms with Gasteiger partial charge in [0.2, 0.25) is 0 Å². The first-order chi connectivity index (χ1) is 8.41. The molecule has 0 aromatic heterocycles. The van der Waals surface area contributed by atoms with Gasteiger partial charge in [-0.15, -0.1) is 0 Å². The van der Waals surface area contributed by atoms with E-state index in [1.54, 1.807) is 0 Å². The Bertz CT molecular complexity index is 300. The van der Waals surface area contributed by atoms with Crippen LogP contribution in [0.15, 0.2) is 0 Å². The topological polar surface area (TPSA) is 59.6 Å². The fourth-order valence-corrected chi connectivity index (χ4v) is 2.74. The van der Waals surface area contributed by atoms with Crippen molar-refractivity contribution in [1.82, 2.24) is 10.6 Å². The third kappa shape index (κ3) is 3.14. The summed E-state index contributed by atoms with van der Waals surface area (Å²) in [5, 5.41) is 6.41. The zero-order valence-corrected chi connectivity index (χ0v) is 11.5. The Hall–Kier alpha value is -0.810. The standard InChI is InChI=1S/C13H24N2O3/c1-12(2,3)18-11(16)15-13(5-7-17-9-13)10-4-6-14-8-10/h10,14H,4-9H2,1-3H3,(H,15,16). The van der Waals surface area contributed by atoms with Crippen molar-refractivity contribution in [1.29, 1.82) is 0 Å². The zero-order valence-electron chi connectivity index (χ0n) is 11.5. The van der Waals surface area contributed by atoms with E-state index in [9.17, 15) is 4.79 Å². The quantitative estimate of drug-likeness (QED) is 0.781. The Labute approximate surface area is 109 Å². The van der Waals surface area contributed by atoms with Crippen LogP contribution in [0.1, 0.15) is 33.6 Å². The molecule has 0 aromatic rings. The second-order valence-electron chi connectivity index (χ2n) is 6.28. The van der Waals surface area contributed by atoms with Crippen LogP contribution in [0.5, 0.6) is 0 Å². The summed E-state index contributed by atoms with van der Waals surface area (Å²) < 4.78 is 10.9. The van der Waals surface area contributed by atoms with Gasteiger partial charge in [0.05, 0.1) is 12.1 Å². The average molecular weight is 256 g/mol. The van der Waals surface area contributed by atoms with E-state index < -0.39 is 5.60 Å². The lowest BCUT2D eigenvalue weighted by Crippen LogP contribution is -2.56. The molecule has 5 heteroatoms. The number of alkyl carbamates (subject to hydrolysis) is 1. The number of hydrogen-bond donors (Lipinski definition) is 2. The van der Waals surface area contributed by atoms with E-state index in [4.69, 9.17) is 9.47 Å². The predicted octanol–water partition coefficient (Wildman–Crippen LogP) is 1.28. The van der Waals surface area contributed by atoms with E-state index in [1.807, 2.05) is 20.8 Å². The van der Waals surface area contributed by atoms with Crippen LogP contribution in [0.2, 0.25) is 0 Å². The zero-order chi connectivity index (χ0) is 13.2. The first kappa shape index (κ1) is 13.6. The lowest BCUT2D eigenvalue weighted by molar-refractivity contribution is 0.0391. The third-order valence-corrected chi connectivity index (χ3v) is 3.64. The van der Waals surface area contributed by atoms with Crippen molar-refractivity contribution in [2.24, 2.45) is 5.92 Å². The molecule has 0 bridgehead atoms. The van der Waals surface area contributed by atoms with Crippen LogP contribution in [0, 0.1) is 5.92 Å². The summed E-state index contributed by atoms with van der Waals surface area (Å²) in [4.78, 5) is 12.0. The fraction of sp³-hybridized carbons (Fsp3) is 0.923. The minimum absolute atomic E-state index is 0.244. The molecule has 2 unspecified atom stereocenters. The van der Waals surface area contributed by atoms with E-state index in [2.05, 4.69) is 10.6 Å². The van der Waals surface area contributed by atoms with E-state index in [1.165, 1.54) is 0 Å². The number of carbonyl (C=O) groups excluding carboxylic acids is 1. The van der Waals surface area contributed by atoms with Crippen molar-refractivity contribution < 1.29 is 14.3 Å². The number of amides is 1. The summed E-state index contributed by atoms with van der Waals surface area (Å²) in [6.45, 7) is 8.90. The van der Waals surface area contributed by atoms with Crippen LogP contribution in [0.3, 0.4) is 0 Å². The van der Waals surface area contributed by atoms with E-state index in [0.717, 1.165) is 25.9 Å². The number of hydrogen-bond acceptors (Lipinski definition) is 4. The summed E-state index contributed by atoms with van der Waals surface area (Å²) in [6.07, 6.45) is 1.62. The predicted molar refractivity (Wildman–Crippen MR) is 68.5 cm³/mol. The lowest BCUT2D eigenvalue weighted by atomic mass is 9.82. The van der Waals surface area contributed by atoms with Crippen molar-refractivity contribution in [2.75, 3.05) is 26.3 Å². The van der Waals surface area contributed by atoms with Gasteiger partial charge in [0.15, 0.2) is 0 Å². The molecule has 2 aliphatic heterocycles. The molecule has 18 heavy (non-hydrogen) atoms.